The van der Waals surface area contributed by atoms with Crippen molar-refractivity contribution in [3.05, 3.63) is 29.8 Å². The molecule has 0 heterocycles. The van der Waals surface area contributed by atoms with Crippen molar-refractivity contribution in [2.24, 2.45) is 5.73 Å². The van der Waals surface area contributed by atoms with Gasteiger partial charge in [0, 0.05) is 26.2 Å². The van der Waals surface area contributed by atoms with E-state index in [1.54, 1.807) is 7.11 Å². The van der Waals surface area contributed by atoms with Crippen LogP contribution in [0.1, 0.15) is 12.0 Å². The van der Waals surface area contributed by atoms with Crippen molar-refractivity contribution in [1.82, 2.24) is 4.90 Å². The molecular weight excluding hydrogens is 232 g/mol. The Bertz CT molecular complexity index is 365. The Balaban J connectivity index is 2.55. The number of rotatable bonds is 8. The van der Waals surface area contributed by atoms with Crippen molar-refractivity contribution in [3.8, 4) is 5.75 Å². The lowest BCUT2D eigenvalue weighted by molar-refractivity contribution is -0.137. The number of ether oxygens (including phenoxy) is 1. The van der Waals surface area contributed by atoms with Gasteiger partial charge in [0.15, 0.2) is 0 Å². The molecule has 0 aliphatic heterocycles. The van der Waals surface area contributed by atoms with Crippen LogP contribution < -0.4 is 10.5 Å². The molecule has 0 saturated heterocycles. The van der Waals surface area contributed by atoms with Gasteiger partial charge in [0.25, 0.3) is 0 Å². The van der Waals surface area contributed by atoms with Gasteiger partial charge in [0.2, 0.25) is 0 Å². The summed E-state index contributed by atoms with van der Waals surface area (Å²) in [7, 11) is 1.63. The third kappa shape index (κ3) is 5.16. The molecule has 0 bridgehead atoms. The average molecular weight is 252 g/mol. The molecule has 3 N–H and O–H groups in total. The molecule has 0 fully saturated rings. The first-order valence-electron chi connectivity index (χ1n) is 5.93. The summed E-state index contributed by atoms with van der Waals surface area (Å²) >= 11 is 0. The molecule has 100 valence electrons. The molecule has 18 heavy (non-hydrogen) atoms. The highest BCUT2D eigenvalue weighted by Crippen LogP contribution is 2.13. The minimum Gasteiger partial charge on any atom is -0.497 e. The van der Waals surface area contributed by atoms with E-state index in [4.69, 9.17) is 15.6 Å². The Hall–Kier alpha value is -1.59. The lowest BCUT2D eigenvalue weighted by Gasteiger charge is -2.20. The van der Waals surface area contributed by atoms with E-state index in [1.165, 1.54) is 0 Å². The third-order valence-electron chi connectivity index (χ3n) is 2.65. The second kappa shape index (κ2) is 7.68. The molecule has 5 heteroatoms. The summed E-state index contributed by atoms with van der Waals surface area (Å²) in [5.41, 5.74) is 6.65. The van der Waals surface area contributed by atoms with Crippen LogP contribution in [0.4, 0.5) is 0 Å². The van der Waals surface area contributed by atoms with Crippen LogP contribution in [0.15, 0.2) is 24.3 Å². The zero-order chi connectivity index (χ0) is 13.4. The van der Waals surface area contributed by atoms with E-state index in [2.05, 4.69) is 0 Å². The molecule has 1 aromatic carbocycles. The van der Waals surface area contributed by atoms with Gasteiger partial charge in [-0.15, -0.1) is 0 Å². The monoisotopic (exact) mass is 252 g/mol. The summed E-state index contributed by atoms with van der Waals surface area (Å²) in [6.07, 6.45) is 0.135. The molecule has 0 unspecified atom stereocenters. The van der Waals surface area contributed by atoms with E-state index in [0.29, 0.717) is 26.2 Å². The summed E-state index contributed by atoms with van der Waals surface area (Å²) in [4.78, 5) is 12.6. The maximum Gasteiger partial charge on any atom is 0.304 e. The minimum absolute atomic E-state index is 0.135. The highest BCUT2D eigenvalue weighted by Gasteiger charge is 2.07. The van der Waals surface area contributed by atoms with E-state index in [-0.39, 0.29) is 6.42 Å². The van der Waals surface area contributed by atoms with Crippen molar-refractivity contribution < 1.29 is 14.6 Å². The topological polar surface area (TPSA) is 75.8 Å². The number of carboxylic acid groups (broad SMARTS) is 1. The Kier molecular flexibility index (Phi) is 6.18. The van der Waals surface area contributed by atoms with Crippen LogP contribution in [-0.2, 0) is 11.3 Å². The molecule has 0 atom stereocenters. The van der Waals surface area contributed by atoms with Gasteiger partial charge in [-0.05, 0) is 17.7 Å². The third-order valence-corrected chi connectivity index (χ3v) is 2.65. The fourth-order valence-corrected chi connectivity index (χ4v) is 1.70. The largest absolute Gasteiger partial charge is 0.497 e. The number of carboxylic acids is 1. The van der Waals surface area contributed by atoms with E-state index in [9.17, 15) is 4.79 Å². The van der Waals surface area contributed by atoms with Crippen LogP contribution in [0, 0.1) is 0 Å². The van der Waals surface area contributed by atoms with Crippen molar-refractivity contribution in [2.75, 3.05) is 26.7 Å². The van der Waals surface area contributed by atoms with Crippen molar-refractivity contribution in [2.45, 2.75) is 13.0 Å². The van der Waals surface area contributed by atoms with Crippen molar-refractivity contribution in [1.29, 1.82) is 0 Å². The van der Waals surface area contributed by atoms with Crippen LogP contribution in [0.25, 0.3) is 0 Å². The van der Waals surface area contributed by atoms with Gasteiger partial charge in [-0.25, -0.2) is 0 Å². The Morgan fingerprint density at radius 3 is 2.50 bits per heavy atom. The van der Waals surface area contributed by atoms with E-state index >= 15 is 0 Å². The number of hydrogen-bond donors (Lipinski definition) is 2. The number of benzene rings is 1. The number of nitrogens with zero attached hydrogens (tertiary/aromatic N) is 1. The lowest BCUT2D eigenvalue weighted by Crippen LogP contribution is -2.31. The van der Waals surface area contributed by atoms with E-state index in [0.717, 1.165) is 11.3 Å². The summed E-state index contributed by atoms with van der Waals surface area (Å²) in [6.45, 7) is 2.43. The Morgan fingerprint density at radius 1 is 1.33 bits per heavy atom. The van der Waals surface area contributed by atoms with Crippen LogP contribution >= 0.6 is 0 Å². The van der Waals surface area contributed by atoms with Gasteiger partial charge in [-0.1, -0.05) is 12.1 Å². The molecule has 1 aromatic rings. The van der Waals surface area contributed by atoms with Gasteiger partial charge < -0.3 is 15.6 Å². The molecule has 0 aliphatic rings. The smallest absolute Gasteiger partial charge is 0.304 e. The van der Waals surface area contributed by atoms with Gasteiger partial charge >= 0.3 is 5.97 Å². The van der Waals surface area contributed by atoms with E-state index in [1.807, 2.05) is 29.2 Å². The maximum absolute atomic E-state index is 10.6. The van der Waals surface area contributed by atoms with E-state index < -0.39 is 5.97 Å². The quantitative estimate of drug-likeness (QED) is 0.720. The predicted molar refractivity (Wildman–Crippen MR) is 69.6 cm³/mol. The fourth-order valence-electron chi connectivity index (χ4n) is 1.70. The fraction of sp³-hybridized carbons (Fsp3) is 0.462. The predicted octanol–water partition coefficient (Wildman–Crippen LogP) is 0.931. The number of nitrogens with two attached hydrogens (primary N) is 1. The number of aliphatic carboxylic acids is 1. The average Bonchev–Trinajstić information content (AvgIpc) is 2.37. The van der Waals surface area contributed by atoms with Gasteiger partial charge in [0.1, 0.15) is 5.75 Å². The first kappa shape index (κ1) is 14.5. The van der Waals surface area contributed by atoms with Gasteiger partial charge in [0.05, 0.1) is 13.5 Å². The number of methoxy groups -OCH3 is 1. The first-order chi connectivity index (χ1) is 8.65. The second-order valence-electron chi connectivity index (χ2n) is 4.06. The highest BCUT2D eigenvalue weighted by molar-refractivity contribution is 5.66. The molecular formula is C13H20N2O3. The van der Waals surface area contributed by atoms with Crippen molar-refractivity contribution >= 4 is 5.97 Å². The number of carbonyl (C=O) groups is 1. The Morgan fingerprint density at radius 2 is 2.00 bits per heavy atom. The summed E-state index contributed by atoms with van der Waals surface area (Å²) < 4.78 is 5.09. The Labute approximate surface area is 107 Å². The summed E-state index contributed by atoms with van der Waals surface area (Å²) in [5.74, 6) is 0.0291. The molecule has 0 amide bonds. The number of hydrogen-bond acceptors (Lipinski definition) is 4. The molecule has 0 saturated carbocycles. The van der Waals surface area contributed by atoms with Crippen LogP contribution in [0.5, 0.6) is 5.75 Å². The molecule has 1 rings (SSSR count). The van der Waals surface area contributed by atoms with Gasteiger partial charge in [-0.3, -0.25) is 9.69 Å². The minimum atomic E-state index is -0.785. The summed E-state index contributed by atoms with van der Waals surface area (Å²) in [5, 5.41) is 8.69. The van der Waals surface area contributed by atoms with Crippen molar-refractivity contribution in [3.63, 3.8) is 0 Å². The lowest BCUT2D eigenvalue weighted by atomic mass is 10.2. The maximum atomic E-state index is 10.6. The zero-order valence-corrected chi connectivity index (χ0v) is 10.6. The van der Waals surface area contributed by atoms with Crippen LogP contribution in [0.2, 0.25) is 0 Å². The second-order valence-corrected chi connectivity index (χ2v) is 4.06. The SMILES string of the molecule is COc1ccc(CN(CCN)CCC(=O)O)cc1. The molecule has 0 aliphatic carbocycles. The van der Waals surface area contributed by atoms with Crippen LogP contribution in [-0.4, -0.2) is 42.7 Å². The van der Waals surface area contributed by atoms with Crippen LogP contribution in [0.3, 0.4) is 0 Å². The summed E-state index contributed by atoms with van der Waals surface area (Å²) in [6, 6.07) is 7.74. The molecule has 0 spiro atoms. The molecule has 0 aromatic heterocycles. The zero-order valence-electron chi connectivity index (χ0n) is 10.6. The molecule has 0 radical (unpaired) electrons. The molecule has 5 nitrogen and oxygen atoms in total. The standard InChI is InChI=1S/C13H20N2O3/c1-18-12-4-2-11(3-5-12)10-15(9-7-14)8-6-13(16)17/h2-5H,6-10,14H2,1H3,(H,16,17). The normalized spacial score (nSPS) is 10.6. The highest BCUT2D eigenvalue weighted by atomic mass is 16.5. The first-order valence-corrected chi connectivity index (χ1v) is 5.93. The van der Waals surface area contributed by atoms with Gasteiger partial charge in [-0.2, -0.15) is 0 Å².